The van der Waals surface area contributed by atoms with Crippen LogP contribution in [0.4, 0.5) is 5.69 Å². The molecule has 1 heterocycles. The Hall–Kier alpha value is -3.68. The number of carbonyl (C=O) groups excluding carboxylic acids is 4. The summed E-state index contributed by atoms with van der Waals surface area (Å²) < 4.78 is 0. The van der Waals surface area contributed by atoms with Gasteiger partial charge >= 0.3 is 0 Å². The van der Waals surface area contributed by atoms with Crippen LogP contribution in [0.25, 0.3) is 0 Å². The number of rotatable bonds is 8. The maximum absolute atomic E-state index is 12.4. The van der Waals surface area contributed by atoms with Crippen molar-refractivity contribution < 1.29 is 19.2 Å². The standard InChI is InChI=1S/C23H26N4O4/c1-16(28)26-20-9-5-8-18(12-20)22(30)24-10-11-25-23(31)19-13-21(29)27(15-19)14-17-6-3-2-4-7-17/h2-9,12,19H,10-11,13-15H2,1H3,(H,24,30)(H,25,31)(H,26,28). The zero-order valence-electron chi connectivity index (χ0n) is 17.4. The summed E-state index contributed by atoms with van der Waals surface area (Å²) in [5.74, 6) is -1.12. The molecule has 1 saturated heterocycles. The molecular weight excluding hydrogens is 396 g/mol. The molecule has 1 atom stereocenters. The van der Waals surface area contributed by atoms with Crippen molar-refractivity contribution >= 4 is 29.3 Å². The fourth-order valence-electron chi connectivity index (χ4n) is 3.45. The Morgan fingerprint density at radius 1 is 1.00 bits per heavy atom. The number of nitrogens with zero attached hydrogens (tertiary/aromatic N) is 1. The van der Waals surface area contributed by atoms with Gasteiger partial charge in [0.15, 0.2) is 0 Å². The predicted molar refractivity (Wildman–Crippen MR) is 116 cm³/mol. The van der Waals surface area contributed by atoms with E-state index in [-0.39, 0.29) is 49.1 Å². The fraction of sp³-hybridized carbons (Fsp3) is 0.304. The number of benzene rings is 2. The van der Waals surface area contributed by atoms with E-state index in [4.69, 9.17) is 0 Å². The highest BCUT2D eigenvalue weighted by atomic mass is 16.2. The van der Waals surface area contributed by atoms with Crippen LogP contribution < -0.4 is 16.0 Å². The van der Waals surface area contributed by atoms with E-state index >= 15 is 0 Å². The molecule has 162 valence electrons. The zero-order chi connectivity index (χ0) is 22.2. The Morgan fingerprint density at radius 3 is 2.48 bits per heavy atom. The second kappa shape index (κ2) is 10.4. The van der Waals surface area contributed by atoms with Crippen molar-refractivity contribution in [2.45, 2.75) is 19.9 Å². The normalized spacial score (nSPS) is 15.5. The van der Waals surface area contributed by atoms with Gasteiger partial charge in [-0.3, -0.25) is 19.2 Å². The minimum absolute atomic E-state index is 0.0312. The van der Waals surface area contributed by atoms with Crippen molar-refractivity contribution in [2.75, 3.05) is 25.0 Å². The Bertz CT molecular complexity index is 961. The molecule has 2 aromatic rings. The Labute approximate surface area is 181 Å². The minimum atomic E-state index is -0.388. The second-order valence-corrected chi connectivity index (χ2v) is 7.47. The number of anilines is 1. The lowest BCUT2D eigenvalue weighted by atomic mass is 10.1. The molecule has 0 aliphatic carbocycles. The topological polar surface area (TPSA) is 108 Å². The fourth-order valence-corrected chi connectivity index (χ4v) is 3.45. The largest absolute Gasteiger partial charge is 0.354 e. The lowest BCUT2D eigenvalue weighted by molar-refractivity contribution is -0.129. The van der Waals surface area contributed by atoms with E-state index in [2.05, 4.69) is 16.0 Å². The van der Waals surface area contributed by atoms with Gasteiger partial charge in [-0.2, -0.15) is 0 Å². The summed E-state index contributed by atoms with van der Waals surface area (Å²) in [6.07, 6.45) is 0.195. The quantitative estimate of drug-likeness (QED) is 0.561. The summed E-state index contributed by atoms with van der Waals surface area (Å²) in [4.78, 5) is 49.7. The molecule has 8 heteroatoms. The molecular formula is C23H26N4O4. The van der Waals surface area contributed by atoms with Crippen LogP contribution in [0.5, 0.6) is 0 Å². The van der Waals surface area contributed by atoms with Gasteiger partial charge in [0.1, 0.15) is 0 Å². The summed E-state index contributed by atoms with van der Waals surface area (Å²) in [6.45, 7) is 2.80. The van der Waals surface area contributed by atoms with Crippen molar-refractivity contribution in [3.63, 3.8) is 0 Å². The summed E-state index contributed by atoms with van der Waals surface area (Å²) in [7, 11) is 0. The van der Waals surface area contributed by atoms with Crippen LogP contribution in [0.1, 0.15) is 29.3 Å². The molecule has 1 aliphatic heterocycles. The first-order valence-electron chi connectivity index (χ1n) is 10.2. The van der Waals surface area contributed by atoms with Crippen molar-refractivity contribution in [3.05, 3.63) is 65.7 Å². The number of hydrogen-bond acceptors (Lipinski definition) is 4. The van der Waals surface area contributed by atoms with Gasteiger partial charge in [0.2, 0.25) is 17.7 Å². The summed E-state index contributed by atoms with van der Waals surface area (Å²) in [5, 5.41) is 8.14. The highest BCUT2D eigenvalue weighted by Crippen LogP contribution is 2.20. The number of likely N-dealkylation sites (tertiary alicyclic amines) is 1. The Kier molecular flexibility index (Phi) is 7.37. The molecule has 1 aliphatic rings. The summed E-state index contributed by atoms with van der Waals surface area (Å²) >= 11 is 0. The van der Waals surface area contributed by atoms with Gasteiger partial charge in [0.05, 0.1) is 5.92 Å². The van der Waals surface area contributed by atoms with Crippen LogP contribution in [0.15, 0.2) is 54.6 Å². The van der Waals surface area contributed by atoms with Gasteiger partial charge in [0.25, 0.3) is 5.91 Å². The van der Waals surface area contributed by atoms with Gasteiger partial charge in [-0.05, 0) is 23.8 Å². The number of carbonyl (C=O) groups is 4. The van der Waals surface area contributed by atoms with Gasteiger partial charge < -0.3 is 20.9 Å². The molecule has 0 radical (unpaired) electrons. The van der Waals surface area contributed by atoms with Gasteiger partial charge in [-0.1, -0.05) is 36.4 Å². The third-order valence-electron chi connectivity index (χ3n) is 4.96. The molecule has 8 nitrogen and oxygen atoms in total. The average Bonchev–Trinajstić information content (AvgIpc) is 3.11. The number of amides is 4. The maximum atomic E-state index is 12.4. The molecule has 1 unspecified atom stereocenters. The van der Waals surface area contributed by atoms with Crippen LogP contribution in [0.2, 0.25) is 0 Å². The van der Waals surface area contributed by atoms with Crippen molar-refractivity contribution in [3.8, 4) is 0 Å². The molecule has 0 aromatic heterocycles. The first-order chi connectivity index (χ1) is 14.9. The number of nitrogens with one attached hydrogen (secondary N) is 3. The van der Waals surface area contributed by atoms with Crippen LogP contribution in [0.3, 0.4) is 0 Å². The third-order valence-corrected chi connectivity index (χ3v) is 4.96. The monoisotopic (exact) mass is 422 g/mol. The van der Waals surface area contributed by atoms with Crippen LogP contribution in [-0.2, 0) is 20.9 Å². The van der Waals surface area contributed by atoms with Crippen LogP contribution in [0, 0.1) is 5.92 Å². The predicted octanol–water partition coefficient (Wildman–Crippen LogP) is 1.54. The average molecular weight is 422 g/mol. The lowest BCUT2D eigenvalue weighted by Gasteiger charge is -2.16. The molecule has 3 N–H and O–H groups in total. The molecule has 31 heavy (non-hydrogen) atoms. The van der Waals surface area contributed by atoms with Crippen molar-refractivity contribution in [1.82, 2.24) is 15.5 Å². The van der Waals surface area contributed by atoms with Crippen molar-refractivity contribution in [2.24, 2.45) is 5.92 Å². The van der Waals surface area contributed by atoms with E-state index in [0.29, 0.717) is 24.3 Å². The minimum Gasteiger partial charge on any atom is -0.354 e. The van der Waals surface area contributed by atoms with Crippen LogP contribution >= 0.6 is 0 Å². The molecule has 0 spiro atoms. The van der Waals surface area contributed by atoms with Crippen LogP contribution in [-0.4, -0.2) is 48.2 Å². The van der Waals surface area contributed by atoms with E-state index < -0.39 is 0 Å². The zero-order valence-corrected chi connectivity index (χ0v) is 17.4. The summed E-state index contributed by atoms with van der Waals surface area (Å²) in [6, 6.07) is 16.3. The van der Waals surface area contributed by atoms with E-state index in [1.807, 2.05) is 30.3 Å². The first-order valence-corrected chi connectivity index (χ1v) is 10.2. The van der Waals surface area contributed by atoms with Gasteiger partial charge in [0, 0.05) is 50.8 Å². The van der Waals surface area contributed by atoms with E-state index in [0.717, 1.165) is 5.56 Å². The highest BCUT2D eigenvalue weighted by molar-refractivity contribution is 5.96. The van der Waals surface area contributed by atoms with Gasteiger partial charge in [-0.25, -0.2) is 0 Å². The lowest BCUT2D eigenvalue weighted by Crippen LogP contribution is -2.38. The summed E-state index contributed by atoms with van der Waals surface area (Å²) in [5.41, 5.74) is 1.98. The second-order valence-electron chi connectivity index (χ2n) is 7.47. The molecule has 0 bridgehead atoms. The van der Waals surface area contributed by atoms with E-state index in [1.54, 1.807) is 29.2 Å². The maximum Gasteiger partial charge on any atom is 0.251 e. The molecule has 1 fully saturated rings. The Morgan fingerprint density at radius 2 is 1.74 bits per heavy atom. The SMILES string of the molecule is CC(=O)Nc1cccc(C(=O)NCCNC(=O)C2CC(=O)N(Cc3ccccc3)C2)c1. The molecule has 4 amide bonds. The highest BCUT2D eigenvalue weighted by Gasteiger charge is 2.33. The van der Waals surface area contributed by atoms with Crippen molar-refractivity contribution in [1.29, 1.82) is 0 Å². The number of hydrogen-bond donors (Lipinski definition) is 3. The smallest absolute Gasteiger partial charge is 0.251 e. The third kappa shape index (κ3) is 6.40. The van der Waals surface area contributed by atoms with Gasteiger partial charge in [-0.15, -0.1) is 0 Å². The van der Waals surface area contributed by atoms with E-state index in [1.165, 1.54) is 6.92 Å². The first kappa shape index (κ1) is 22.0. The molecule has 3 rings (SSSR count). The van der Waals surface area contributed by atoms with E-state index in [9.17, 15) is 19.2 Å². The molecule has 0 saturated carbocycles. The Balaban J connectivity index is 1.41. The molecule has 2 aromatic carbocycles.